The standard InChI is InChI=1S/C18H22N2O4S/c1-23-15-6-3-5-13(17(15)24-2)11-20-16(21)7-4-9-19-18(22)14-8-10-25-12-14/h3,5-6,8,10,12H,4,7,9,11H2,1-2H3,(H,19,22)(H,20,21). The van der Waals surface area contributed by atoms with Crippen molar-refractivity contribution >= 4 is 23.2 Å². The number of amides is 2. The van der Waals surface area contributed by atoms with Gasteiger partial charge in [0, 0.05) is 36.0 Å². The molecule has 1 aromatic heterocycles. The molecule has 134 valence electrons. The summed E-state index contributed by atoms with van der Waals surface area (Å²) in [6, 6.07) is 7.31. The van der Waals surface area contributed by atoms with Gasteiger partial charge in [0.15, 0.2) is 11.5 Å². The topological polar surface area (TPSA) is 76.7 Å². The van der Waals surface area contributed by atoms with Crippen LogP contribution < -0.4 is 20.1 Å². The van der Waals surface area contributed by atoms with Gasteiger partial charge in [-0.2, -0.15) is 11.3 Å². The number of thiophene rings is 1. The van der Waals surface area contributed by atoms with E-state index in [1.54, 1.807) is 31.7 Å². The zero-order valence-corrected chi connectivity index (χ0v) is 15.2. The van der Waals surface area contributed by atoms with E-state index in [0.29, 0.717) is 43.0 Å². The van der Waals surface area contributed by atoms with Gasteiger partial charge < -0.3 is 20.1 Å². The minimum absolute atomic E-state index is 0.0744. The average Bonchev–Trinajstić information content (AvgIpc) is 3.17. The maximum Gasteiger partial charge on any atom is 0.252 e. The van der Waals surface area contributed by atoms with Gasteiger partial charge in [0.1, 0.15) is 0 Å². The second kappa shape index (κ2) is 9.68. The summed E-state index contributed by atoms with van der Waals surface area (Å²) in [7, 11) is 3.14. The van der Waals surface area contributed by atoms with Crippen molar-refractivity contribution in [2.24, 2.45) is 0 Å². The van der Waals surface area contributed by atoms with Crippen LogP contribution in [-0.2, 0) is 11.3 Å². The van der Waals surface area contributed by atoms with Gasteiger partial charge in [-0.3, -0.25) is 9.59 Å². The molecule has 0 atom stereocenters. The molecule has 1 aromatic carbocycles. The lowest BCUT2D eigenvalue weighted by Gasteiger charge is -2.13. The Morgan fingerprint density at radius 2 is 1.96 bits per heavy atom. The Balaban J connectivity index is 1.71. The van der Waals surface area contributed by atoms with Crippen LogP contribution in [0, 0.1) is 0 Å². The molecule has 1 heterocycles. The molecule has 0 radical (unpaired) electrons. The van der Waals surface area contributed by atoms with Crippen molar-refractivity contribution in [3.05, 3.63) is 46.2 Å². The number of benzene rings is 1. The Morgan fingerprint density at radius 1 is 1.12 bits per heavy atom. The normalized spacial score (nSPS) is 10.2. The molecule has 2 aromatic rings. The van der Waals surface area contributed by atoms with Gasteiger partial charge in [0.25, 0.3) is 5.91 Å². The predicted molar refractivity (Wildman–Crippen MR) is 97.3 cm³/mol. The molecular formula is C18H22N2O4S. The molecular weight excluding hydrogens is 340 g/mol. The fraction of sp³-hybridized carbons (Fsp3) is 0.333. The van der Waals surface area contributed by atoms with Crippen LogP contribution in [0.4, 0.5) is 0 Å². The number of nitrogens with one attached hydrogen (secondary N) is 2. The summed E-state index contributed by atoms with van der Waals surface area (Å²) in [5.41, 5.74) is 1.50. The third-order valence-electron chi connectivity index (χ3n) is 3.61. The number of carbonyl (C=O) groups is 2. The van der Waals surface area contributed by atoms with Crippen LogP contribution in [-0.4, -0.2) is 32.6 Å². The van der Waals surface area contributed by atoms with Gasteiger partial charge in [-0.1, -0.05) is 12.1 Å². The molecule has 0 aliphatic rings. The van der Waals surface area contributed by atoms with E-state index >= 15 is 0 Å². The molecule has 25 heavy (non-hydrogen) atoms. The highest BCUT2D eigenvalue weighted by molar-refractivity contribution is 7.08. The number of rotatable bonds is 9. The molecule has 0 spiro atoms. The van der Waals surface area contributed by atoms with Crippen LogP contribution in [0.3, 0.4) is 0 Å². The SMILES string of the molecule is COc1cccc(CNC(=O)CCCNC(=O)c2ccsc2)c1OC. The van der Waals surface area contributed by atoms with E-state index in [1.807, 2.05) is 17.5 Å². The highest BCUT2D eigenvalue weighted by atomic mass is 32.1. The van der Waals surface area contributed by atoms with E-state index < -0.39 is 0 Å². The van der Waals surface area contributed by atoms with Crippen LogP contribution in [0.2, 0.25) is 0 Å². The molecule has 0 aliphatic heterocycles. The van der Waals surface area contributed by atoms with Gasteiger partial charge in [-0.25, -0.2) is 0 Å². The molecule has 0 saturated carbocycles. The van der Waals surface area contributed by atoms with E-state index in [4.69, 9.17) is 9.47 Å². The van der Waals surface area contributed by atoms with Crippen LogP contribution >= 0.6 is 11.3 Å². The van der Waals surface area contributed by atoms with Crippen molar-refractivity contribution in [2.45, 2.75) is 19.4 Å². The summed E-state index contributed by atoms with van der Waals surface area (Å²) in [6.07, 6.45) is 0.924. The fourth-order valence-electron chi connectivity index (χ4n) is 2.32. The largest absolute Gasteiger partial charge is 0.493 e. The summed E-state index contributed by atoms with van der Waals surface area (Å²) in [6.45, 7) is 0.824. The smallest absolute Gasteiger partial charge is 0.252 e. The summed E-state index contributed by atoms with van der Waals surface area (Å²) in [5.74, 6) is 1.07. The summed E-state index contributed by atoms with van der Waals surface area (Å²) in [4.78, 5) is 23.7. The molecule has 2 rings (SSSR count). The van der Waals surface area contributed by atoms with Crippen molar-refractivity contribution in [1.29, 1.82) is 0 Å². The highest BCUT2D eigenvalue weighted by Crippen LogP contribution is 2.30. The van der Waals surface area contributed by atoms with Crippen molar-refractivity contribution in [1.82, 2.24) is 10.6 Å². The van der Waals surface area contributed by atoms with Gasteiger partial charge in [0.2, 0.25) is 5.91 Å². The lowest BCUT2D eigenvalue weighted by molar-refractivity contribution is -0.121. The van der Waals surface area contributed by atoms with Crippen LogP contribution in [0.15, 0.2) is 35.0 Å². The van der Waals surface area contributed by atoms with Gasteiger partial charge in [-0.05, 0) is 23.9 Å². The fourth-order valence-corrected chi connectivity index (χ4v) is 2.96. The molecule has 0 fully saturated rings. The molecule has 2 amide bonds. The Morgan fingerprint density at radius 3 is 2.64 bits per heavy atom. The maximum absolute atomic E-state index is 11.9. The minimum atomic E-state index is -0.109. The molecule has 2 N–H and O–H groups in total. The van der Waals surface area contributed by atoms with E-state index in [1.165, 1.54) is 11.3 Å². The van der Waals surface area contributed by atoms with E-state index in [9.17, 15) is 9.59 Å². The Labute approximate surface area is 151 Å². The van der Waals surface area contributed by atoms with Gasteiger partial charge in [0.05, 0.1) is 14.2 Å². The molecule has 0 bridgehead atoms. The van der Waals surface area contributed by atoms with E-state index in [0.717, 1.165) is 5.56 Å². The summed E-state index contributed by atoms with van der Waals surface area (Å²) < 4.78 is 10.6. The van der Waals surface area contributed by atoms with Crippen LogP contribution in [0.1, 0.15) is 28.8 Å². The monoisotopic (exact) mass is 362 g/mol. The quantitative estimate of drug-likeness (QED) is 0.672. The Kier molecular flexibility index (Phi) is 7.28. The number of carbonyl (C=O) groups excluding carboxylic acids is 2. The van der Waals surface area contributed by atoms with E-state index in [-0.39, 0.29) is 11.8 Å². The lowest BCUT2D eigenvalue weighted by atomic mass is 10.1. The molecule has 6 nitrogen and oxygen atoms in total. The van der Waals surface area contributed by atoms with Gasteiger partial charge in [-0.15, -0.1) is 0 Å². The first kappa shape index (κ1) is 18.8. The number of hydrogen-bond acceptors (Lipinski definition) is 5. The first-order valence-electron chi connectivity index (χ1n) is 7.92. The zero-order chi connectivity index (χ0) is 18.1. The van der Waals surface area contributed by atoms with Crippen molar-refractivity contribution in [2.75, 3.05) is 20.8 Å². The molecule has 0 unspecified atom stereocenters. The molecule has 0 saturated heterocycles. The minimum Gasteiger partial charge on any atom is -0.493 e. The first-order valence-corrected chi connectivity index (χ1v) is 8.87. The van der Waals surface area contributed by atoms with Crippen molar-refractivity contribution in [3.63, 3.8) is 0 Å². The lowest BCUT2D eigenvalue weighted by Crippen LogP contribution is -2.27. The van der Waals surface area contributed by atoms with Crippen molar-refractivity contribution < 1.29 is 19.1 Å². The number of hydrogen-bond donors (Lipinski definition) is 2. The second-order valence-corrected chi connectivity index (χ2v) is 6.08. The summed E-state index contributed by atoms with van der Waals surface area (Å²) in [5, 5.41) is 9.31. The predicted octanol–water partition coefficient (Wildman–Crippen LogP) is 2.59. The second-order valence-electron chi connectivity index (χ2n) is 5.30. The number of ether oxygens (including phenoxy) is 2. The third kappa shape index (κ3) is 5.49. The van der Waals surface area contributed by atoms with Crippen molar-refractivity contribution in [3.8, 4) is 11.5 Å². The Bertz CT molecular complexity index is 701. The maximum atomic E-state index is 11.9. The van der Waals surface area contributed by atoms with E-state index in [2.05, 4.69) is 10.6 Å². The number of methoxy groups -OCH3 is 2. The first-order chi connectivity index (χ1) is 12.2. The average molecular weight is 362 g/mol. The Hall–Kier alpha value is -2.54. The van der Waals surface area contributed by atoms with Crippen LogP contribution in [0.5, 0.6) is 11.5 Å². The summed E-state index contributed by atoms with van der Waals surface area (Å²) >= 11 is 1.48. The van der Waals surface area contributed by atoms with Crippen LogP contribution in [0.25, 0.3) is 0 Å². The molecule has 7 heteroatoms. The highest BCUT2D eigenvalue weighted by Gasteiger charge is 2.10. The molecule has 0 aliphatic carbocycles. The van der Waals surface area contributed by atoms with Gasteiger partial charge >= 0.3 is 0 Å². The number of para-hydroxylation sites is 1. The third-order valence-corrected chi connectivity index (χ3v) is 4.29. The zero-order valence-electron chi connectivity index (χ0n) is 14.3.